The molecular formula is C20H16. The summed E-state index contributed by atoms with van der Waals surface area (Å²) in [5.41, 5.74) is 5.01. The normalized spacial score (nSPS) is 19.6. The van der Waals surface area contributed by atoms with Gasteiger partial charge in [0.2, 0.25) is 0 Å². The topological polar surface area (TPSA) is 0 Å². The summed E-state index contributed by atoms with van der Waals surface area (Å²) in [6.07, 6.45) is 16.6. The molecule has 1 aliphatic carbocycles. The molecule has 0 amide bonds. The molecule has 0 heteroatoms. The van der Waals surface area contributed by atoms with Crippen molar-refractivity contribution in [3.63, 3.8) is 0 Å². The zero-order chi connectivity index (χ0) is 13.6. The van der Waals surface area contributed by atoms with Gasteiger partial charge in [0.05, 0.1) is 0 Å². The Kier molecular flexibility index (Phi) is 3.75. The van der Waals surface area contributed by atoms with Crippen LogP contribution in [0, 0.1) is 0 Å². The Balaban J connectivity index is 2.23. The maximum Gasteiger partial charge on any atom is -0.0105 e. The van der Waals surface area contributed by atoms with Crippen molar-refractivity contribution in [3.8, 4) is 11.1 Å². The Morgan fingerprint density at radius 2 is 0.800 bits per heavy atom. The van der Waals surface area contributed by atoms with Gasteiger partial charge in [-0.2, -0.15) is 0 Å². The van der Waals surface area contributed by atoms with Crippen molar-refractivity contribution in [1.29, 1.82) is 0 Å². The summed E-state index contributed by atoms with van der Waals surface area (Å²) >= 11 is 0. The second-order valence-electron chi connectivity index (χ2n) is 4.66. The number of hydrogen-bond donors (Lipinski definition) is 0. The first-order valence-corrected chi connectivity index (χ1v) is 6.82. The SMILES string of the molecule is C1=C\C=C/c2ccccc2-c2ccccc2/C=C\C=C/1. The van der Waals surface area contributed by atoms with Gasteiger partial charge in [0, 0.05) is 0 Å². The highest BCUT2D eigenvalue weighted by Crippen LogP contribution is 2.29. The van der Waals surface area contributed by atoms with Crippen LogP contribution in [0.5, 0.6) is 0 Å². The second kappa shape index (κ2) is 6.03. The van der Waals surface area contributed by atoms with Crippen LogP contribution >= 0.6 is 0 Å². The van der Waals surface area contributed by atoms with Gasteiger partial charge >= 0.3 is 0 Å². The Morgan fingerprint density at radius 3 is 1.30 bits per heavy atom. The summed E-state index contributed by atoms with van der Waals surface area (Å²) in [4.78, 5) is 0. The zero-order valence-corrected chi connectivity index (χ0v) is 11.2. The number of allylic oxidation sites excluding steroid dienone is 6. The first-order valence-electron chi connectivity index (χ1n) is 6.82. The monoisotopic (exact) mass is 256 g/mol. The lowest BCUT2D eigenvalue weighted by atomic mass is 9.95. The molecule has 20 heavy (non-hydrogen) atoms. The molecule has 0 bridgehead atoms. The van der Waals surface area contributed by atoms with E-state index in [2.05, 4.69) is 85.0 Å². The Labute approximate surface area is 120 Å². The van der Waals surface area contributed by atoms with Gasteiger partial charge < -0.3 is 0 Å². The third-order valence-corrected chi connectivity index (χ3v) is 3.32. The van der Waals surface area contributed by atoms with Gasteiger partial charge in [-0.1, -0.05) is 97.1 Å². The van der Waals surface area contributed by atoms with Crippen LogP contribution in [-0.4, -0.2) is 0 Å². The third kappa shape index (κ3) is 2.70. The second-order valence-corrected chi connectivity index (χ2v) is 4.66. The first kappa shape index (κ1) is 12.4. The summed E-state index contributed by atoms with van der Waals surface area (Å²) in [5, 5.41) is 0. The van der Waals surface area contributed by atoms with E-state index in [1.165, 1.54) is 22.3 Å². The standard InChI is InChI=1S/C20H16/c1-2-4-6-12-18-14-8-10-16-20(18)19-15-9-7-13-17(19)11-5-3-1/h1-16H/b2-1?,3-1-,4-2-,5-3?,6-4?,11-5-,12-6-,17-11?,18-12?,20-19?. The van der Waals surface area contributed by atoms with E-state index in [1.54, 1.807) is 0 Å². The summed E-state index contributed by atoms with van der Waals surface area (Å²) in [6, 6.07) is 17.0. The van der Waals surface area contributed by atoms with Gasteiger partial charge in [-0.15, -0.1) is 0 Å². The van der Waals surface area contributed by atoms with E-state index in [-0.39, 0.29) is 0 Å². The van der Waals surface area contributed by atoms with E-state index in [9.17, 15) is 0 Å². The molecule has 0 aliphatic heterocycles. The van der Waals surface area contributed by atoms with Crippen molar-refractivity contribution in [3.05, 3.63) is 96.1 Å². The Hall–Kier alpha value is -2.60. The molecule has 0 aromatic heterocycles. The maximum atomic E-state index is 2.18. The molecule has 1 aliphatic rings. The summed E-state index contributed by atoms with van der Waals surface area (Å²) in [6.45, 7) is 0. The quantitative estimate of drug-likeness (QED) is 0.583. The molecule has 0 heterocycles. The molecule has 0 unspecified atom stereocenters. The molecule has 2 aromatic rings. The van der Waals surface area contributed by atoms with E-state index in [0.717, 1.165) is 0 Å². The average molecular weight is 256 g/mol. The van der Waals surface area contributed by atoms with Gasteiger partial charge in [0.15, 0.2) is 0 Å². The van der Waals surface area contributed by atoms with Crippen LogP contribution < -0.4 is 0 Å². The largest absolute Gasteiger partial charge is 0.0623 e. The summed E-state index contributed by atoms with van der Waals surface area (Å²) < 4.78 is 0. The van der Waals surface area contributed by atoms with Crippen LogP contribution in [-0.2, 0) is 0 Å². The van der Waals surface area contributed by atoms with Crippen molar-refractivity contribution in [2.45, 2.75) is 0 Å². The number of fused-ring (bicyclic) bond motifs is 3. The van der Waals surface area contributed by atoms with Crippen molar-refractivity contribution in [2.75, 3.05) is 0 Å². The van der Waals surface area contributed by atoms with Crippen molar-refractivity contribution in [1.82, 2.24) is 0 Å². The van der Waals surface area contributed by atoms with E-state index >= 15 is 0 Å². The third-order valence-electron chi connectivity index (χ3n) is 3.32. The molecule has 0 nitrogen and oxygen atoms in total. The van der Waals surface area contributed by atoms with E-state index in [1.807, 2.05) is 12.2 Å². The molecule has 3 rings (SSSR count). The Bertz CT molecular complexity index is 649. The van der Waals surface area contributed by atoms with Gasteiger partial charge in [0.25, 0.3) is 0 Å². The lowest BCUT2D eigenvalue weighted by molar-refractivity contribution is 1.57. The van der Waals surface area contributed by atoms with Crippen molar-refractivity contribution < 1.29 is 0 Å². The highest BCUT2D eigenvalue weighted by atomic mass is 14.1. The minimum Gasteiger partial charge on any atom is -0.0623 e. The molecular weight excluding hydrogens is 240 g/mol. The van der Waals surface area contributed by atoms with Crippen LogP contribution in [0.1, 0.15) is 11.1 Å². The highest BCUT2D eigenvalue weighted by molar-refractivity contribution is 5.82. The van der Waals surface area contributed by atoms with Gasteiger partial charge in [-0.3, -0.25) is 0 Å². The number of rotatable bonds is 0. The zero-order valence-electron chi connectivity index (χ0n) is 11.2. The van der Waals surface area contributed by atoms with Gasteiger partial charge in [-0.25, -0.2) is 0 Å². The predicted molar refractivity (Wildman–Crippen MR) is 88.2 cm³/mol. The molecule has 96 valence electrons. The van der Waals surface area contributed by atoms with Crippen LogP contribution in [0.3, 0.4) is 0 Å². The molecule has 0 atom stereocenters. The van der Waals surface area contributed by atoms with E-state index in [4.69, 9.17) is 0 Å². The van der Waals surface area contributed by atoms with Crippen LogP contribution in [0.25, 0.3) is 23.3 Å². The summed E-state index contributed by atoms with van der Waals surface area (Å²) in [5.74, 6) is 0. The minimum atomic E-state index is 1.24. The van der Waals surface area contributed by atoms with Crippen LogP contribution in [0.4, 0.5) is 0 Å². The van der Waals surface area contributed by atoms with Crippen molar-refractivity contribution in [2.24, 2.45) is 0 Å². The van der Waals surface area contributed by atoms with Crippen LogP contribution in [0.2, 0.25) is 0 Å². The first-order chi connectivity index (χ1) is 9.95. The number of benzene rings is 2. The maximum absolute atomic E-state index is 2.18. The lowest BCUT2D eigenvalue weighted by Crippen LogP contribution is -1.86. The predicted octanol–water partition coefficient (Wildman–Crippen LogP) is 5.51. The van der Waals surface area contributed by atoms with Gasteiger partial charge in [0.1, 0.15) is 0 Å². The lowest BCUT2D eigenvalue weighted by Gasteiger charge is -2.10. The Morgan fingerprint density at radius 1 is 0.400 bits per heavy atom. The molecule has 0 fully saturated rings. The highest BCUT2D eigenvalue weighted by Gasteiger charge is 2.05. The molecule has 0 saturated carbocycles. The molecule has 0 radical (unpaired) electrons. The average Bonchev–Trinajstić information content (AvgIpc) is 2.49. The fourth-order valence-electron chi connectivity index (χ4n) is 2.35. The van der Waals surface area contributed by atoms with Crippen molar-refractivity contribution >= 4 is 12.2 Å². The fourth-order valence-corrected chi connectivity index (χ4v) is 2.35. The summed E-state index contributed by atoms with van der Waals surface area (Å²) in [7, 11) is 0. The fraction of sp³-hybridized carbons (Fsp3) is 0. The molecule has 0 spiro atoms. The number of hydrogen-bond acceptors (Lipinski definition) is 0. The van der Waals surface area contributed by atoms with Crippen LogP contribution in [0.15, 0.2) is 85.0 Å². The smallest absolute Gasteiger partial charge is 0.0105 e. The van der Waals surface area contributed by atoms with E-state index in [0.29, 0.717) is 0 Å². The molecule has 0 N–H and O–H groups in total. The van der Waals surface area contributed by atoms with E-state index < -0.39 is 0 Å². The molecule has 0 saturated heterocycles. The molecule has 2 aromatic carbocycles. The minimum absolute atomic E-state index is 1.24. The van der Waals surface area contributed by atoms with Gasteiger partial charge in [-0.05, 0) is 22.3 Å².